The van der Waals surface area contributed by atoms with Crippen LogP contribution in [0.5, 0.6) is 11.5 Å². The van der Waals surface area contributed by atoms with Gasteiger partial charge < -0.3 is 16.2 Å². The molecule has 6 nitrogen and oxygen atoms in total. The van der Waals surface area contributed by atoms with Crippen LogP contribution in [0.2, 0.25) is 0 Å². The number of nitrogens with one attached hydrogen (secondary N) is 2. The van der Waals surface area contributed by atoms with Gasteiger partial charge in [-0.15, -0.1) is 23.1 Å². The number of hydrogen-bond donors (Lipinski definition) is 0. The second kappa shape index (κ2) is 12.7. The third-order valence-electron chi connectivity index (χ3n) is 6.46. The Labute approximate surface area is 246 Å². The first kappa shape index (κ1) is 28.1. The van der Waals surface area contributed by atoms with Crippen molar-refractivity contribution in [3.8, 4) is 22.1 Å². The van der Waals surface area contributed by atoms with Crippen molar-refractivity contribution in [3.63, 3.8) is 0 Å². The topological polar surface area (TPSA) is 85.9 Å². The molecule has 0 unspecified atom stereocenters. The second-order valence-corrected chi connectivity index (χ2v) is 10.7. The molecule has 1 radical (unpaired) electrons. The molecule has 2 N–H and O–H groups in total. The predicted octanol–water partition coefficient (Wildman–Crippen LogP) is 8.40. The van der Waals surface area contributed by atoms with Crippen LogP contribution in [-0.2, 0) is 39.3 Å². The fourth-order valence-electron chi connectivity index (χ4n) is 4.05. The van der Waals surface area contributed by atoms with E-state index in [1.165, 1.54) is 41.9 Å². The fraction of sp³-hybridized carbons (Fsp3) is 0.357. The maximum atomic E-state index is 14.2. The van der Waals surface area contributed by atoms with E-state index in [1.54, 1.807) is 12.3 Å². The standard InChI is InChI=1S/C25H24FN4OS.C3H6N.Y/c1-16-7-10-30(11-8-16)15-17-2-4-20(29-14-17)24-13-21-25(32-24)23(6-9-28-21)31-22-5-3-18(27)12-19(22)26;4-3-1-2-3;/h2-6,9,12-14,16,27H,7-8,10-11,15H2,1H3;3-4H,1-2H2;/q2*-1;. The van der Waals surface area contributed by atoms with Crippen LogP contribution in [0.4, 0.5) is 10.1 Å². The average molecular weight is 593 g/mol. The van der Waals surface area contributed by atoms with Crippen molar-refractivity contribution in [1.82, 2.24) is 14.9 Å². The number of rotatable bonds is 5. The molecule has 0 spiro atoms. The van der Waals surface area contributed by atoms with Crippen molar-refractivity contribution in [1.29, 1.82) is 0 Å². The molecule has 4 aromatic rings. The Hall–Kier alpha value is -1.97. The van der Waals surface area contributed by atoms with Gasteiger partial charge in [0.25, 0.3) is 0 Å². The number of aromatic nitrogens is 2. The number of pyridine rings is 2. The molecular formula is C28H30FN5OSY-2. The molecule has 1 aromatic carbocycles. The summed E-state index contributed by atoms with van der Waals surface area (Å²) < 4.78 is 20.8. The summed E-state index contributed by atoms with van der Waals surface area (Å²) in [5.41, 5.74) is 17.2. The number of halogens is 1. The number of fused-ring (bicyclic) bond motifs is 1. The van der Waals surface area contributed by atoms with Gasteiger partial charge in [0.1, 0.15) is 5.75 Å². The third-order valence-corrected chi connectivity index (χ3v) is 7.63. The molecule has 2 aliphatic rings. The van der Waals surface area contributed by atoms with E-state index in [0.717, 1.165) is 65.2 Å². The molecule has 6 rings (SSSR count). The van der Waals surface area contributed by atoms with Crippen molar-refractivity contribution in [2.45, 2.75) is 45.2 Å². The van der Waals surface area contributed by atoms with Gasteiger partial charge >= 0.3 is 0 Å². The molecule has 1 aliphatic heterocycles. The Morgan fingerprint density at radius 1 is 1.03 bits per heavy atom. The van der Waals surface area contributed by atoms with Gasteiger partial charge in [-0.25, -0.2) is 4.39 Å². The van der Waals surface area contributed by atoms with Crippen molar-refractivity contribution in [3.05, 3.63) is 77.7 Å². The van der Waals surface area contributed by atoms with E-state index in [-0.39, 0.29) is 44.1 Å². The van der Waals surface area contributed by atoms with E-state index in [0.29, 0.717) is 11.8 Å². The molecule has 1 aliphatic carbocycles. The SMILES string of the molecule is CC1CCN(Cc2ccc(-c3cc4nccc(Oc5ccc([NH-])cc5F)c4s3)nc2)CC1.[NH-]C1CC1.[Y]. The molecule has 0 atom stereocenters. The maximum Gasteiger partial charge on any atom is 0.164 e. The molecule has 0 bridgehead atoms. The van der Waals surface area contributed by atoms with Crippen LogP contribution in [0.25, 0.3) is 32.3 Å². The van der Waals surface area contributed by atoms with E-state index >= 15 is 0 Å². The maximum absolute atomic E-state index is 14.2. The van der Waals surface area contributed by atoms with Crippen LogP contribution in [0.3, 0.4) is 0 Å². The number of piperidine rings is 1. The van der Waals surface area contributed by atoms with Crippen LogP contribution in [0.1, 0.15) is 38.2 Å². The van der Waals surface area contributed by atoms with E-state index in [9.17, 15) is 4.39 Å². The third kappa shape index (κ3) is 7.55. The average Bonchev–Trinajstić information content (AvgIpc) is 3.53. The molecule has 191 valence electrons. The van der Waals surface area contributed by atoms with Crippen LogP contribution in [-0.4, -0.2) is 34.0 Å². The number of likely N-dealkylation sites (tertiary alicyclic amines) is 1. The Kier molecular flexibility index (Phi) is 9.64. The minimum Gasteiger partial charge on any atom is -0.699 e. The van der Waals surface area contributed by atoms with Gasteiger partial charge in [-0.2, -0.15) is 0 Å². The van der Waals surface area contributed by atoms with Gasteiger partial charge in [0.05, 0.1) is 20.8 Å². The molecule has 1 saturated heterocycles. The molecular weight excluding hydrogens is 562 g/mol. The van der Waals surface area contributed by atoms with E-state index in [2.05, 4.69) is 28.9 Å². The Morgan fingerprint density at radius 3 is 2.43 bits per heavy atom. The molecule has 4 heterocycles. The van der Waals surface area contributed by atoms with Crippen molar-refractivity contribution in [2.24, 2.45) is 5.92 Å². The van der Waals surface area contributed by atoms with Gasteiger partial charge in [0.15, 0.2) is 11.6 Å². The smallest absolute Gasteiger partial charge is 0.164 e. The Balaban J connectivity index is 0.000000586. The first-order valence-electron chi connectivity index (χ1n) is 12.4. The molecule has 3 aromatic heterocycles. The second-order valence-electron chi connectivity index (χ2n) is 9.67. The number of ether oxygens (including phenoxy) is 1. The summed E-state index contributed by atoms with van der Waals surface area (Å²) in [5, 5.41) is 0. The van der Waals surface area contributed by atoms with Crippen LogP contribution in [0, 0.1) is 11.7 Å². The number of nitrogens with zero attached hydrogens (tertiary/aromatic N) is 3. The summed E-state index contributed by atoms with van der Waals surface area (Å²) in [6.45, 7) is 5.57. The zero-order chi connectivity index (χ0) is 25.1. The van der Waals surface area contributed by atoms with Gasteiger partial charge in [0, 0.05) is 57.7 Å². The number of hydrogen-bond acceptors (Lipinski definition) is 5. The zero-order valence-electron chi connectivity index (χ0n) is 20.9. The molecule has 9 heteroatoms. The van der Waals surface area contributed by atoms with E-state index < -0.39 is 5.82 Å². The first-order valence-corrected chi connectivity index (χ1v) is 13.2. The predicted molar refractivity (Wildman–Crippen MR) is 144 cm³/mol. The van der Waals surface area contributed by atoms with E-state index in [4.69, 9.17) is 21.2 Å². The summed E-state index contributed by atoms with van der Waals surface area (Å²) >= 11 is 1.53. The quantitative estimate of drug-likeness (QED) is 0.233. The largest absolute Gasteiger partial charge is 0.699 e. The van der Waals surface area contributed by atoms with Crippen molar-refractivity contribution < 1.29 is 41.8 Å². The monoisotopic (exact) mass is 592 g/mol. The molecule has 37 heavy (non-hydrogen) atoms. The van der Waals surface area contributed by atoms with Gasteiger partial charge in [-0.3, -0.25) is 14.9 Å². The van der Waals surface area contributed by atoms with Gasteiger partial charge in [0.2, 0.25) is 0 Å². The fourth-order valence-corrected chi connectivity index (χ4v) is 5.09. The van der Waals surface area contributed by atoms with Crippen LogP contribution < -0.4 is 4.74 Å². The Bertz CT molecular complexity index is 1320. The summed E-state index contributed by atoms with van der Waals surface area (Å²) in [5.74, 6) is 0.909. The minimum absolute atomic E-state index is 0. The normalized spacial score (nSPS) is 16.1. The van der Waals surface area contributed by atoms with E-state index in [1.807, 2.05) is 12.3 Å². The summed E-state index contributed by atoms with van der Waals surface area (Å²) in [6, 6.07) is 12.4. The van der Waals surface area contributed by atoms with Gasteiger partial charge in [-0.1, -0.05) is 31.9 Å². The Morgan fingerprint density at radius 2 is 1.78 bits per heavy atom. The summed E-state index contributed by atoms with van der Waals surface area (Å²) in [7, 11) is 0. The molecule has 2 fully saturated rings. The first-order chi connectivity index (χ1) is 17.4. The van der Waals surface area contributed by atoms with Crippen LogP contribution >= 0.6 is 11.3 Å². The van der Waals surface area contributed by atoms with Crippen LogP contribution in [0.15, 0.2) is 54.9 Å². The zero-order valence-corrected chi connectivity index (χ0v) is 24.6. The van der Waals surface area contributed by atoms with Crippen molar-refractivity contribution in [2.75, 3.05) is 13.1 Å². The number of benzene rings is 1. The number of thiophene rings is 1. The molecule has 1 saturated carbocycles. The van der Waals surface area contributed by atoms with Crippen molar-refractivity contribution >= 4 is 27.2 Å². The summed E-state index contributed by atoms with van der Waals surface area (Å²) in [6.07, 6.45) is 8.45. The molecule has 0 amide bonds. The summed E-state index contributed by atoms with van der Waals surface area (Å²) in [4.78, 5) is 12.6. The van der Waals surface area contributed by atoms with Gasteiger partial charge in [-0.05, 0) is 61.7 Å². The minimum atomic E-state index is -0.556.